The highest BCUT2D eigenvalue weighted by Gasteiger charge is 2.13. The van der Waals surface area contributed by atoms with E-state index in [1.165, 1.54) is 0 Å². The van der Waals surface area contributed by atoms with E-state index in [2.05, 4.69) is 5.32 Å². The van der Waals surface area contributed by atoms with E-state index < -0.39 is 0 Å². The van der Waals surface area contributed by atoms with Gasteiger partial charge < -0.3 is 19.5 Å². The lowest BCUT2D eigenvalue weighted by molar-refractivity contribution is 0.102. The van der Waals surface area contributed by atoms with Crippen molar-refractivity contribution in [3.63, 3.8) is 0 Å². The zero-order valence-electron chi connectivity index (χ0n) is 16.6. The maximum absolute atomic E-state index is 12.8. The number of carbonyl (C=O) groups excluding carboxylic acids is 1. The average molecular weight is 410 g/mol. The Balaban J connectivity index is 1.78. The molecule has 6 heteroatoms. The normalized spacial score (nSPS) is 10.3. The molecule has 0 saturated carbocycles. The molecule has 0 bridgehead atoms. The van der Waals surface area contributed by atoms with Crippen molar-refractivity contribution in [3.05, 3.63) is 77.9 Å². The summed E-state index contributed by atoms with van der Waals surface area (Å²) in [5.41, 5.74) is 2.10. The molecule has 3 aromatic carbocycles. The molecule has 0 fully saturated rings. The summed E-state index contributed by atoms with van der Waals surface area (Å²) in [6.07, 6.45) is 1.98. The van der Waals surface area contributed by atoms with E-state index in [4.69, 9.17) is 14.2 Å². The molecule has 0 saturated heterocycles. The Morgan fingerprint density at radius 2 is 1.72 bits per heavy atom. The summed E-state index contributed by atoms with van der Waals surface area (Å²) in [4.78, 5) is 13.8. The van der Waals surface area contributed by atoms with Crippen molar-refractivity contribution < 1.29 is 19.0 Å². The SMILES string of the molecule is COc1cccc(OCc2cc(C(=O)Nc3ccccc3SC)ccc2OC)c1. The number of carbonyl (C=O) groups is 1. The minimum absolute atomic E-state index is 0.184. The molecule has 1 amide bonds. The molecule has 150 valence electrons. The lowest BCUT2D eigenvalue weighted by atomic mass is 10.1. The topological polar surface area (TPSA) is 56.8 Å². The molecule has 0 heterocycles. The zero-order valence-corrected chi connectivity index (χ0v) is 17.4. The van der Waals surface area contributed by atoms with Crippen molar-refractivity contribution in [3.8, 4) is 17.2 Å². The molecular formula is C23H23NO4S. The third-order valence-corrected chi connectivity index (χ3v) is 5.13. The Morgan fingerprint density at radius 3 is 2.48 bits per heavy atom. The van der Waals surface area contributed by atoms with Crippen molar-refractivity contribution in [1.82, 2.24) is 0 Å². The van der Waals surface area contributed by atoms with Gasteiger partial charge in [0.05, 0.1) is 19.9 Å². The first-order chi connectivity index (χ1) is 14.1. The van der Waals surface area contributed by atoms with Crippen LogP contribution in [0, 0.1) is 0 Å². The number of methoxy groups -OCH3 is 2. The summed E-state index contributed by atoms with van der Waals surface area (Å²) < 4.78 is 16.5. The molecule has 29 heavy (non-hydrogen) atoms. The number of amides is 1. The molecule has 5 nitrogen and oxygen atoms in total. The van der Waals surface area contributed by atoms with Crippen molar-refractivity contribution >= 4 is 23.4 Å². The van der Waals surface area contributed by atoms with E-state index >= 15 is 0 Å². The van der Waals surface area contributed by atoms with E-state index in [1.807, 2.05) is 54.8 Å². The first-order valence-corrected chi connectivity index (χ1v) is 10.2. The van der Waals surface area contributed by atoms with E-state index in [1.54, 1.807) is 44.2 Å². The van der Waals surface area contributed by atoms with Crippen molar-refractivity contribution in [1.29, 1.82) is 0 Å². The lowest BCUT2D eigenvalue weighted by Gasteiger charge is -2.13. The van der Waals surface area contributed by atoms with Crippen LogP contribution < -0.4 is 19.5 Å². The molecule has 0 spiro atoms. The van der Waals surface area contributed by atoms with E-state index in [0.717, 1.165) is 21.9 Å². The van der Waals surface area contributed by atoms with E-state index in [0.29, 0.717) is 17.1 Å². The Morgan fingerprint density at radius 1 is 0.931 bits per heavy atom. The monoisotopic (exact) mass is 409 g/mol. The van der Waals surface area contributed by atoms with Gasteiger partial charge in [-0.05, 0) is 48.7 Å². The quantitative estimate of drug-likeness (QED) is 0.515. The second-order valence-corrected chi connectivity index (χ2v) is 7.00. The lowest BCUT2D eigenvalue weighted by Crippen LogP contribution is -2.13. The number of nitrogens with one attached hydrogen (secondary N) is 1. The Hall–Kier alpha value is -3.12. The number of thioether (sulfide) groups is 1. The van der Waals surface area contributed by atoms with Crippen LogP contribution in [0.2, 0.25) is 0 Å². The second-order valence-electron chi connectivity index (χ2n) is 6.15. The van der Waals surface area contributed by atoms with Gasteiger partial charge in [0.1, 0.15) is 23.9 Å². The summed E-state index contributed by atoms with van der Waals surface area (Å²) in [5, 5.41) is 2.97. The van der Waals surface area contributed by atoms with Crippen LogP contribution in [0.15, 0.2) is 71.6 Å². The Kier molecular flexibility index (Phi) is 7.03. The predicted molar refractivity (Wildman–Crippen MR) is 116 cm³/mol. The summed E-state index contributed by atoms with van der Waals surface area (Å²) >= 11 is 1.59. The number of anilines is 1. The zero-order chi connectivity index (χ0) is 20.6. The van der Waals surface area contributed by atoms with Crippen LogP contribution in [0.25, 0.3) is 0 Å². The van der Waals surface area contributed by atoms with Gasteiger partial charge in [-0.3, -0.25) is 4.79 Å². The smallest absolute Gasteiger partial charge is 0.255 e. The fraction of sp³-hybridized carbons (Fsp3) is 0.174. The maximum atomic E-state index is 12.8. The van der Waals surface area contributed by atoms with Crippen molar-refractivity contribution in [2.24, 2.45) is 0 Å². The number of para-hydroxylation sites is 1. The fourth-order valence-corrected chi connectivity index (χ4v) is 3.38. The van der Waals surface area contributed by atoms with Crippen LogP contribution >= 0.6 is 11.8 Å². The maximum Gasteiger partial charge on any atom is 0.255 e. The van der Waals surface area contributed by atoms with Gasteiger partial charge in [0.2, 0.25) is 0 Å². The van der Waals surface area contributed by atoms with E-state index in [-0.39, 0.29) is 12.5 Å². The summed E-state index contributed by atoms with van der Waals surface area (Å²) in [6, 6.07) is 20.4. The van der Waals surface area contributed by atoms with E-state index in [9.17, 15) is 4.79 Å². The number of rotatable bonds is 8. The predicted octanol–water partition coefficient (Wildman–Crippen LogP) is 5.26. The first kappa shape index (κ1) is 20.6. The molecule has 1 N–H and O–H groups in total. The highest BCUT2D eigenvalue weighted by Crippen LogP contribution is 2.27. The van der Waals surface area contributed by atoms with Gasteiger partial charge in [0.25, 0.3) is 5.91 Å². The van der Waals surface area contributed by atoms with Gasteiger partial charge >= 0.3 is 0 Å². The van der Waals surface area contributed by atoms with Gasteiger partial charge in [-0.25, -0.2) is 0 Å². The van der Waals surface area contributed by atoms with Crippen LogP contribution in [0.3, 0.4) is 0 Å². The van der Waals surface area contributed by atoms with Gasteiger partial charge in [0, 0.05) is 22.1 Å². The van der Waals surface area contributed by atoms with Crippen LogP contribution in [-0.4, -0.2) is 26.4 Å². The van der Waals surface area contributed by atoms with Gasteiger partial charge in [-0.2, -0.15) is 0 Å². The second kappa shape index (κ2) is 9.89. The molecule has 0 aliphatic carbocycles. The average Bonchev–Trinajstić information content (AvgIpc) is 2.77. The molecule has 0 aromatic heterocycles. The molecular weight excluding hydrogens is 386 g/mol. The molecule has 0 aliphatic heterocycles. The highest BCUT2D eigenvalue weighted by molar-refractivity contribution is 7.98. The highest BCUT2D eigenvalue weighted by atomic mass is 32.2. The van der Waals surface area contributed by atoms with Gasteiger partial charge in [0.15, 0.2) is 0 Å². The van der Waals surface area contributed by atoms with Crippen molar-refractivity contribution in [2.75, 3.05) is 25.8 Å². The van der Waals surface area contributed by atoms with Crippen LogP contribution in [0.4, 0.5) is 5.69 Å². The Bertz CT molecular complexity index is 990. The Labute approximate surface area is 175 Å². The number of hydrogen-bond donors (Lipinski definition) is 1. The standard InChI is InChI=1S/C23H23NO4S/c1-26-18-7-6-8-19(14-18)28-15-17-13-16(11-12-21(17)27-2)23(25)24-20-9-4-5-10-22(20)29-3/h4-14H,15H2,1-3H3,(H,24,25). The number of benzene rings is 3. The minimum Gasteiger partial charge on any atom is -0.497 e. The van der Waals surface area contributed by atoms with Gasteiger partial charge in [-0.1, -0.05) is 18.2 Å². The van der Waals surface area contributed by atoms with Gasteiger partial charge in [-0.15, -0.1) is 11.8 Å². The fourth-order valence-electron chi connectivity index (χ4n) is 2.83. The third-order valence-electron chi connectivity index (χ3n) is 4.33. The van der Waals surface area contributed by atoms with Crippen molar-refractivity contribution in [2.45, 2.75) is 11.5 Å². The molecule has 0 atom stereocenters. The molecule has 3 rings (SSSR count). The molecule has 0 radical (unpaired) electrons. The first-order valence-electron chi connectivity index (χ1n) is 9.02. The number of ether oxygens (including phenoxy) is 3. The summed E-state index contributed by atoms with van der Waals surface area (Å²) in [5.74, 6) is 1.87. The third kappa shape index (κ3) is 5.23. The van der Waals surface area contributed by atoms with Crippen LogP contribution in [0.1, 0.15) is 15.9 Å². The molecule has 0 unspecified atom stereocenters. The number of hydrogen-bond acceptors (Lipinski definition) is 5. The molecule has 0 aliphatic rings. The summed E-state index contributed by atoms with van der Waals surface area (Å²) in [6.45, 7) is 0.263. The molecule has 3 aromatic rings. The van der Waals surface area contributed by atoms with Crippen LogP contribution in [-0.2, 0) is 6.61 Å². The minimum atomic E-state index is -0.184. The van der Waals surface area contributed by atoms with Crippen LogP contribution in [0.5, 0.6) is 17.2 Å². The summed E-state index contributed by atoms with van der Waals surface area (Å²) in [7, 11) is 3.21. The largest absolute Gasteiger partial charge is 0.497 e.